The topological polar surface area (TPSA) is 52.0 Å². The molecule has 0 aliphatic rings. The molecule has 0 aromatic heterocycles. The number of hydrogen-bond donors (Lipinski definition) is 2. The average molecular weight is 154 g/mol. The van der Waals surface area contributed by atoms with E-state index in [9.17, 15) is 4.39 Å². The zero-order valence-electron chi connectivity index (χ0n) is 6.13. The summed E-state index contributed by atoms with van der Waals surface area (Å²) in [5.74, 6) is -0.287. The summed E-state index contributed by atoms with van der Waals surface area (Å²) < 4.78 is 12.9. The van der Waals surface area contributed by atoms with Crippen LogP contribution < -0.4 is 11.5 Å². The van der Waals surface area contributed by atoms with Gasteiger partial charge in [-0.2, -0.15) is 0 Å². The van der Waals surface area contributed by atoms with Crippen LogP contribution in [0.2, 0.25) is 0 Å². The molecule has 1 rings (SSSR count). The predicted molar refractivity (Wildman–Crippen MR) is 42.4 cm³/mol. The second-order valence-electron chi connectivity index (χ2n) is 2.36. The monoisotopic (exact) mass is 154 g/mol. The van der Waals surface area contributed by atoms with Crippen molar-refractivity contribution in [3.05, 3.63) is 35.6 Å². The molecule has 0 unspecified atom stereocenters. The molecule has 0 amide bonds. The van der Waals surface area contributed by atoms with Gasteiger partial charge in [-0.3, -0.25) is 0 Å². The SMILES string of the molecule is NC[C@H](N)c1ccccc1F. The van der Waals surface area contributed by atoms with E-state index in [-0.39, 0.29) is 12.4 Å². The molecule has 2 nitrogen and oxygen atoms in total. The fourth-order valence-corrected chi connectivity index (χ4v) is 0.903. The van der Waals surface area contributed by atoms with Crippen LogP contribution in [-0.4, -0.2) is 6.54 Å². The van der Waals surface area contributed by atoms with Crippen LogP contribution in [0.1, 0.15) is 11.6 Å². The summed E-state index contributed by atoms with van der Waals surface area (Å²) in [6, 6.07) is 6.00. The predicted octanol–water partition coefficient (Wildman–Crippen LogP) is 0.784. The maximum atomic E-state index is 12.9. The Bertz CT molecular complexity index is 237. The normalized spacial score (nSPS) is 13.0. The summed E-state index contributed by atoms with van der Waals surface area (Å²) in [6.45, 7) is 0.265. The van der Waals surface area contributed by atoms with Crippen molar-refractivity contribution in [1.29, 1.82) is 0 Å². The van der Waals surface area contributed by atoms with Crippen LogP contribution in [0.3, 0.4) is 0 Å². The lowest BCUT2D eigenvalue weighted by molar-refractivity contribution is 0.584. The lowest BCUT2D eigenvalue weighted by Crippen LogP contribution is -2.21. The molecule has 4 N–H and O–H groups in total. The molecular formula is C8H11FN2. The van der Waals surface area contributed by atoms with Gasteiger partial charge in [0.1, 0.15) is 5.82 Å². The first-order chi connectivity index (χ1) is 5.25. The largest absolute Gasteiger partial charge is 0.329 e. The average Bonchev–Trinajstić information content (AvgIpc) is 2.04. The molecule has 0 aliphatic heterocycles. The van der Waals surface area contributed by atoms with E-state index in [1.807, 2.05) is 0 Å². The van der Waals surface area contributed by atoms with Crippen molar-refractivity contribution >= 4 is 0 Å². The molecule has 0 spiro atoms. The fourth-order valence-electron chi connectivity index (χ4n) is 0.903. The second kappa shape index (κ2) is 3.46. The highest BCUT2D eigenvalue weighted by molar-refractivity contribution is 5.20. The summed E-state index contributed by atoms with van der Waals surface area (Å²) in [6.07, 6.45) is 0. The fraction of sp³-hybridized carbons (Fsp3) is 0.250. The van der Waals surface area contributed by atoms with Gasteiger partial charge in [0.25, 0.3) is 0 Å². The smallest absolute Gasteiger partial charge is 0.128 e. The van der Waals surface area contributed by atoms with Crippen LogP contribution in [-0.2, 0) is 0 Å². The number of nitrogens with two attached hydrogens (primary N) is 2. The third-order valence-electron chi connectivity index (χ3n) is 1.56. The summed E-state index contributed by atoms with van der Waals surface area (Å²) in [7, 11) is 0. The van der Waals surface area contributed by atoms with Gasteiger partial charge >= 0.3 is 0 Å². The van der Waals surface area contributed by atoms with E-state index in [2.05, 4.69) is 0 Å². The number of rotatable bonds is 2. The quantitative estimate of drug-likeness (QED) is 0.661. The third-order valence-corrected chi connectivity index (χ3v) is 1.56. The third kappa shape index (κ3) is 1.76. The minimum atomic E-state index is -0.392. The molecule has 0 fully saturated rings. The first kappa shape index (κ1) is 8.17. The molecule has 11 heavy (non-hydrogen) atoms. The van der Waals surface area contributed by atoms with Gasteiger partial charge in [-0.05, 0) is 6.07 Å². The van der Waals surface area contributed by atoms with Crippen LogP contribution in [0, 0.1) is 5.82 Å². The van der Waals surface area contributed by atoms with Crippen LogP contribution in [0.25, 0.3) is 0 Å². The van der Waals surface area contributed by atoms with E-state index < -0.39 is 6.04 Å². The van der Waals surface area contributed by atoms with E-state index in [4.69, 9.17) is 11.5 Å². The zero-order valence-corrected chi connectivity index (χ0v) is 6.13. The second-order valence-corrected chi connectivity index (χ2v) is 2.36. The van der Waals surface area contributed by atoms with Crippen molar-refractivity contribution in [2.75, 3.05) is 6.54 Å². The number of hydrogen-bond acceptors (Lipinski definition) is 2. The van der Waals surface area contributed by atoms with Gasteiger partial charge in [0.05, 0.1) is 0 Å². The summed E-state index contributed by atoms with van der Waals surface area (Å²) >= 11 is 0. The van der Waals surface area contributed by atoms with Crippen molar-refractivity contribution in [3.63, 3.8) is 0 Å². The van der Waals surface area contributed by atoms with E-state index in [0.29, 0.717) is 5.56 Å². The van der Waals surface area contributed by atoms with Gasteiger partial charge in [-0.15, -0.1) is 0 Å². The van der Waals surface area contributed by atoms with Gasteiger partial charge in [0.15, 0.2) is 0 Å². The van der Waals surface area contributed by atoms with Crippen molar-refractivity contribution in [1.82, 2.24) is 0 Å². The van der Waals surface area contributed by atoms with Gasteiger partial charge in [0.2, 0.25) is 0 Å². The number of benzene rings is 1. The lowest BCUT2D eigenvalue weighted by Gasteiger charge is -2.08. The summed E-state index contributed by atoms with van der Waals surface area (Å²) in [5, 5.41) is 0. The highest BCUT2D eigenvalue weighted by Gasteiger charge is 2.07. The first-order valence-corrected chi connectivity index (χ1v) is 3.45. The van der Waals surface area contributed by atoms with Crippen LogP contribution in [0.15, 0.2) is 24.3 Å². The van der Waals surface area contributed by atoms with Crippen molar-refractivity contribution < 1.29 is 4.39 Å². The molecule has 1 aromatic rings. The lowest BCUT2D eigenvalue weighted by atomic mass is 10.1. The maximum absolute atomic E-state index is 12.9. The Balaban J connectivity index is 2.93. The van der Waals surface area contributed by atoms with Crippen LogP contribution in [0.5, 0.6) is 0 Å². The van der Waals surface area contributed by atoms with Gasteiger partial charge in [-0.1, -0.05) is 18.2 Å². The van der Waals surface area contributed by atoms with Crippen molar-refractivity contribution in [3.8, 4) is 0 Å². The summed E-state index contributed by atoms with van der Waals surface area (Å²) in [5.41, 5.74) is 11.3. The van der Waals surface area contributed by atoms with Crippen molar-refractivity contribution in [2.45, 2.75) is 6.04 Å². The van der Waals surface area contributed by atoms with Crippen LogP contribution in [0.4, 0.5) is 4.39 Å². The van der Waals surface area contributed by atoms with Gasteiger partial charge in [-0.25, -0.2) is 4.39 Å². The molecule has 60 valence electrons. The summed E-state index contributed by atoms with van der Waals surface area (Å²) in [4.78, 5) is 0. The van der Waals surface area contributed by atoms with Gasteiger partial charge < -0.3 is 11.5 Å². The molecule has 3 heteroatoms. The Hall–Kier alpha value is -0.930. The molecule has 1 atom stereocenters. The molecule has 1 aromatic carbocycles. The maximum Gasteiger partial charge on any atom is 0.128 e. The molecule has 0 bridgehead atoms. The highest BCUT2D eigenvalue weighted by Crippen LogP contribution is 2.12. The highest BCUT2D eigenvalue weighted by atomic mass is 19.1. The minimum Gasteiger partial charge on any atom is -0.329 e. The molecule has 0 radical (unpaired) electrons. The molecular weight excluding hydrogens is 143 g/mol. The van der Waals surface area contributed by atoms with E-state index in [0.717, 1.165) is 0 Å². The molecule has 0 aliphatic carbocycles. The standard InChI is InChI=1S/C8H11FN2/c9-7-4-2-1-3-6(7)8(11)5-10/h1-4,8H,5,10-11H2/t8-/m0/s1. The molecule has 0 saturated carbocycles. The molecule has 0 saturated heterocycles. The Morgan fingerprint density at radius 3 is 2.55 bits per heavy atom. The Morgan fingerprint density at radius 1 is 1.36 bits per heavy atom. The van der Waals surface area contributed by atoms with Crippen LogP contribution >= 0.6 is 0 Å². The van der Waals surface area contributed by atoms with Gasteiger partial charge in [0, 0.05) is 18.2 Å². The number of halogens is 1. The Labute approximate surface area is 65.0 Å². The minimum absolute atomic E-state index is 0.265. The Morgan fingerprint density at radius 2 is 2.00 bits per heavy atom. The zero-order chi connectivity index (χ0) is 8.27. The van der Waals surface area contributed by atoms with E-state index in [1.54, 1.807) is 18.2 Å². The van der Waals surface area contributed by atoms with Crippen molar-refractivity contribution in [2.24, 2.45) is 11.5 Å². The van der Waals surface area contributed by atoms with E-state index in [1.165, 1.54) is 6.07 Å². The Kier molecular flexibility index (Phi) is 2.57. The van der Waals surface area contributed by atoms with E-state index >= 15 is 0 Å². The molecule has 0 heterocycles. The first-order valence-electron chi connectivity index (χ1n) is 3.45.